The molecule has 0 bridgehead atoms. The van der Waals surface area contributed by atoms with Crippen LogP contribution in [-0.4, -0.2) is 43.4 Å². The van der Waals surface area contributed by atoms with Gasteiger partial charge in [-0.15, -0.1) is 0 Å². The Balaban J connectivity index is 0. The van der Waals surface area contributed by atoms with Gasteiger partial charge in [0.05, 0.1) is 27.2 Å². The Hall–Kier alpha value is 0.400. The molecule has 0 aromatic rings. The molecule has 0 spiro atoms. The van der Waals surface area contributed by atoms with Crippen LogP contribution >= 0.6 is 0 Å². The highest BCUT2D eigenvalue weighted by atomic mass is 79.9. The molecule has 2 nitrogen and oxygen atoms in total. The molecule has 0 saturated heterocycles. The zero-order valence-corrected chi connectivity index (χ0v) is 13.6. The summed E-state index contributed by atoms with van der Waals surface area (Å²) in [5.41, 5.74) is 0. The van der Waals surface area contributed by atoms with Crippen molar-refractivity contribution < 1.29 is 26.6 Å². The van der Waals surface area contributed by atoms with Gasteiger partial charge in [-0.25, -0.2) is 0 Å². The number of aliphatic hydroxyl groups excluding tert-OH is 1. The second kappa shape index (κ2) is 12.8. The predicted octanol–water partition coefficient (Wildman–Crippen LogP) is 0.200. The van der Waals surface area contributed by atoms with E-state index < -0.39 is 0 Å². The van der Waals surface area contributed by atoms with Crippen molar-refractivity contribution in [3.63, 3.8) is 0 Å². The van der Waals surface area contributed by atoms with Crippen LogP contribution in [0, 0.1) is 0 Å². The van der Waals surface area contributed by atoms with E-state index in [1.54, 1.807) is 0 Å². The zero-order chi connectivity index (χ0) is 12.3. The molecule has 17 heavy (non-hydrogen) atoms. The first-order valence-corrected chi connectivity index (χ1v) is 7.05. The molecule has 0 aliphatic heterocycles. The molecule has 0 aliphatic carbocycles. The van der Waals surface area contributed by atoms with Crippen LogP contribution in [0.15, 0.2) is 0 Å². The largest absolute Gasteiger partial charge is 1.00 e. The fraction of sp³-hybridized carbons (Fsp3) is 1.00. The Kier molecular flexibility index (Phi) is 14.9. The lowest BCUT2D eigenvalue weighted by Gasteiger charge is -2.29. The molecular formula is C14H32BrNO. The SMILES string of the molecule is CCCCCCCC[N+](C)(C)CCCCO.[Br-]. The van der Waals surface area contributed by atoms with Crippen LogP contribution in [-0.2, 0) is 0 Å². The second-order valence-corrected chi connectivity index (χ2v) is 5.58. The lowest BCUT2D eigenvalue weighted by Crippen LogP contribution is -3.00. The summed E-state index contributed by atoms with van der Waals surface area (Å²) in [5.74, 6) is 0. The molecular weight excluding hydrogens is 278 g/mol. The summed E-state index contributed by atoms with van der Waals surface area (Å²) < 4.78 is 1.12. The highest BCUT2D eigenvalue weighted by Crippen LogP contribution is 2.09. The van der Waals surface area contributed by atoms with Gasteiger partial charge >= 0.3 is 0 Å². The second-order valence-electron chi connectivity index (χ2n) is 5.58. The Morgan fingerprint density at radius 1 is 0.765 bits per heavy atom. The first-order valence-electron chi connectivity index (χ1n) is 7.05. The lowest BCUT2D eigenvalue weighted by molar-refractivity contribution is -0.890. The summed E-state index contributed by atoms with van der Waals surface area (Å²) in [6.07, 6.45) is 10.4. The van der Waals surface area contributed by atoms with Crippen molar-refractivity contribution in [3.05, 3.63) is 0 Å². The predicted molar refractivity (Wildman–Crippen MR) is 71.5 cm³/mol. The van der Waals surface area contributed by atoms with Crippen LogP contribution in [0.3, 0.4) is 0 Å². The maximum atomic E-state index is 8.75. The van der Waals surface area contributed by atoms with Gasteiger partial charge in [-0.1, -0.05) is 32.6 Å². The van der Waals surface area contributed by atoms with Gasteiger partial charge in [0.25, 0.3) is 0 Å². The summed E-state index contributed by atoms with van der Waals surface area (Å²) in [5, 5.41) is 8.75. The molecule has 0 radical (unpaired) electrons. The monoisotopic (exact) mass is 309 g/mol. The van der Waals surface area contributed by atoms with E-state index in [0.717, 1.165) is 17.3 Å². The van der Waals surface area contributed by atoms with Crippen molar-refractivity contribution in [2.45, 2.75) is 58.3 Å². The Bertz CT molecular complexity index is 151. The van der Waals surface area contributed by atoms with Crippen LogP contribution in [0.2, 0.25) is 0 Å². The Labute approximate surface area is 119 Å². The number of aliphatic hydroxyl groups is 1. The topological polar surface area (TPSA) is 20.2 Å². The van der Waals surface area contributed by atoms with E-state index in [1.807, 2.05) is 0 Å². The highest BCUT2D eigenvalue weighted by Gasteiger charge is 2.13. The summed E-state index contributed by atoms with van der Waals surface area (Å²) >= 11 is 0. The van der Waals surface area contributed by atoms with Crippen LogP contribution < -0.4 is 17.0 Å². The summed E-state index contributed by atoms with van der Waals surface area (Å²) in [7, 11) is 4.62. The number of hydrogen-bond donors (Lipinski definition) is 1. The minimum Gasteiger partial charge on any atom is -1.00 e. The normalized spacial score (nSPS) is 11.3. The quantitative estimate of drug-likeness (QED) is 0.427. The molecule has 0 saturated carbocycles. The first kappa shape index (κ1) is 19.7. The van der Waals surface area contributed by atoms with Crippen LogP contribution in [0.4, 0.5) is 0 Å². The molecule has 0 rings (SSSR count). The van der Waals surface area contributed by atoms with E-state index in [-0.39, 0.29) is 17.0 Å². The number of nitrogens with zero attached hydrogens (tertiary/aromatic N) is 1. The fourth-order valence-corrected chi connectivity index (χ4v) is 2.08. The maximum absolute atomic E-state index is 8.75. The molecule has 0 heterocycles. The van der Waals surface area contributed by atoms with E-state index in [0.29, 0.717) is 6.61 Å². The van der Waals surface area contributed by atoms with Crippen molar-refractivity contribution in [1.29, 1.82) is 0 Å². The number of unbranched alkanes of at least 4 members (excludes halogenated alkanes) is 6. The Morgan fingerprint density at radius 2 is 1.24 bits per heavy atom. The van der Waals surface area contributed by atoms with E-state index >= 15 is 0 Å². The van der Waals surface area contributed by atoms with Crippen molar-refractivity contribution >= 4 is 0 Å². The minimum atomic E-state index is 0. The molecule has 0 amide bonds. The van der Waals surface area contributed by atoms with E-state index in [4.69, 9.17) is 5.11 Å². The number of halogens is 1. The van der Waals surface area contributed by atoms with Gasteiger partial charge in [-0.2, -0.15) is 0 Å². The molecule has 3 heteroatoms. The van der Waals surface area contributed by atoms with Crippen molar-refractivity contribution in [2.24, 2.45) is 0 Å². The fourth-order valence-electron chi connectivity index (χ4n) is 2.08. The third-order valence-electron chi connectivity index (χ3n) is 3.29. The molecule has 0 unspecified atom stereocenters. The number of quaternary nitrogens is 1. The summed E-state index contributed by atoms with van der Waals surface area (Å²) in [6, 6.07) is 0. The molecule has 0 atom stereocenters. The van der Waals surface area contributed by atoms with Gasteiger partial charge < -0.3 is 26.6 Å². The molecule has 0 fully saturated rings. The summed E-state index contributed by atoms with van der Waals surface area (Å²) in [4.78, 5) is 0. The van der Waals surface area contributed by atoms with Gasteiger partial charge in [-0.3, -0.25) is 0 Å². The Morgan fingerprint density at radius 3 is 1.76 bits per heavy atom. The summed E-state index contributed by atoms with van der Waals surface area (Å²) in [6.45, 7) is 5.10. The van der Waals surface area contributed by atoms with Crippen molar-refractivity contribution in [2.75, 3.05) is 33.8 Å². The van der Waals surface area contributed by atoms with E-state index in [9.17, 15) is 0 Å². The first-order chi connectivity index (χ1) is 7.62. The smallest absolute Gasteiger partial charge is 0.0783 e. The minimum absolute atomic E-state index is 0. The van der Waals surface area contributed by atoms with Gasteiger partial charge in [-0.05, 0) is 25.7 Å². The third kappa shape index (κ3) is 14.3. The molecule has 106 valence electrons. The van der Waals surface area contributed by atoms with Gasteiger partial charge in [0.2, 0.25) is 0 Å². The zero-order valence-electron chi connectivity index (χ0n) is 12.1. The van der Waals surface area contributed by atoms with Crippen molar-refractivity contribution in [3.8, 4) is 0 Å². The highest BCUT2D eigenvalue weighted by molar-refractivity contribution is 4.45. The molecule has 0 aromatic heterocycles. The van der Waals surface area contributed by atoms with Gasteiger partial charge in [0.1, 0.15) is 0 Å². The van der Waals surface area contributed by atoms with Crippen LogP contribution in [0.1, 0.15) is 58.3 Å². The average molecular weight is 310 g/mol. The van der Waals surface area contributed by atoms with Gasteiger partial charge in [0.15, 0.2) is 0 Å². The van der Waals surface area contributed by atoms with E-state index in [2.05, 4.69) is 21.0 Å². The molecule has 1 N–H and O–H groups in total. The lowest BCUT2D eigenvalue weighted by atomic mass is 10.1. The van der Waals surface area contributed by atoms with Crippen molar-refractivity contribution in [1.82, 2.24) is 0 Å². The molecule has 0 aromatic carbocycles. The van der Waals surface area contributed by atoms with Gasteiger partial charge in [0, 0.05) is 6.61 Å². The average Bonchev–Trinajstić information content (AvgIpc) is 2.23. The third-order valence-corrected chi connectivity index (χ3v) is 3.29. The standard InChI is InChI=1S/C14H32NO.BrH/c1-4-5-6-7-8-9-12-15(2,3)13-10-11-14-16;/h16H,4-14H2,1-3H3;1H/q+1;/p-1. The molecule has 0 aliphatic rings. The van der Waals surface area contributed by atoms with Crippen LogP contribution in [0.5, 0.6) is 0 Å². The van der Waals surface area contributed by atoms with E-state index in [1.165, 1.54) is 51.6 Å². The maximum Gasteiger partial charge on any atom is 0.0783 e. The number of rotatable bonds is 11. The number of hydrogen-bond acceptors (Lipinski definition) is 1. The van der Waals surface area contributed by atoms with Crippen LogP contribution in [0.25, 0.3) is 0 Å².